The van der Waals surface area contributed by atoms with Gasteiger partial charge in [0.2, 0.25) is 0 Å². The van der Waals surface area contributed by atoms with Crippen LogP contribution in [0.2, 0.25) is 0 Å². The van der Waals surface area contributed by atoms with Crippen LogP contribution in [-0.2, 0) is 7.05 Å². The van der Waals surface area contributed by atoms with Crippen molar-refractivity contribution in [3.63, 3.8) is 0 Å². The Bertz CT molecular complexity index is 929. The predicted octanol–water partition coefficient (Wildman–Crippen LogP) is 4.12. The van der Waals surface area contributed by atoms with Gasteiger partial charge in [0.05, 0.1) is 18.9 Å². The molecule has 0 saturated heterocycles. The lowest BCUT2D eigenvalue weighted by Crippen LogP contribution is -2.43. The molecule has 0 spiro atoms. The quantitative estimate of drug-likeness (QED) is 0.659. The van der Waals surface area contributed by atoms with Gasteiger partial charge in [-0.3, -0.25) is 0 Å². The zero-order valence-electron chi connectivity index (χ0n) is 14.3. The fourth-order valence-electron chi connectivity index (χ4n) is 3.55. The van der Waals surface area contributed by atoms with E-state index in [-0.39, 0.29) is 6.17 Å². The molecule has 1 aromatic heterocycles. The van der Waals surface area contributed by atoms with Gasteiger partial charge in [-0.15, -0.1) is 0 Å². The number of fused-ring (bicyclic) bond motifs is 1. The molecule has 3 heteroatoms. The molecule has 0 saturated carbocycles. The van der Waals surface area contributed by atoms with Gasteiger partial charge in [0.25, 0.3) is 5.82 Å². The molecule has 0 radical (unpaired) electrons. The first-order valence-corrected chi connectivity index (χ1v) is 8.35. The number of hydrogen-bond donors (Lipinski definition) is 0. The second-order valence-corrected chi connectivity index (χ2v) is 6.37. The summed E-state index contributed by atoms with van der Waals surface area (Å²) in [6.07, 6.45) is 6.66. The lowest BCUT2D eigenvalue weighted by Gasteiger charge is -2.27. The number of nitrogens with zero attached hydrogens (tertiary/aromatic N) is 3. The first kappa shape index (κ1) is 14.8. The van der Waals surface area contributed by atoms with Crippen LogP contribution in [0.25, 0.3) is 10.8 Å². The average molecular weight is 316 g/mol. The highest BCUT2D eigenvalue weighted by molar-refractivity contribution is 5.96. The lowest BCUT2D eigenvalue weighted by molar-refractivity contribution is -0.658. The first-order valence-electron chi connectivity index (χ1n) is 8.35. The van der Waals surface area contributed by atoms with E-state index in [1.54, 1.807) is 0 Å². The molecule has 0 bridgehead atoms. The van der Waals surface area contributed by atoms with E-state index >= 15 is 0 Å². The molecule has 120 valence electrons. The first-order chi connectivity index (χ1) is 11.7. The van der Waals surface area contributed by atoms with E-state index in [4.69, 9.17) is 0 Å². The molecule has 0 amide bonds. The van der Waals surface area contributed by atoms with E-state index in [0.29, 0.717) is 0 Å². The molecule has 1 aliphatic heterocycles. The van der Waals surface area contributed by atoms with Gasteiger partial charge in [-0.05, 0) is 30.9 Å². The standard InChI is InChI=1S/C21H22N3/c1-16-11-12-18-8-4-5-9-19(18)21(16)24-15-14-23(17(24)2)20-10-6-7-13-22(20)3/h4-15,17H,1-3H3/q+1/t17-/m0/s1. The molecule has 3 aromatic rings. The summed E-state index contributed by atoms with van der Waals surface area (Å²) in [6.45, 7) is 4.43. The summed E-state index contributed by atoms with van der Waals surface area (Å²) in [5.41, 5.74) is 2.59. The third-order valence-corrected chi connectivity index (χ3v) is 4.85. The molecule has 0 fully saturated rings. The molecule has 2 heterocycles. The molecule has 0 N–H and O–H groups in total. The van der Waals surface area contributed by atoms with Crippen LogP contribution in [-0.4, -0.2) is 6.17 Å². The molecular weight excluding hydrogens is 294 g/mol. The van der Waals surface area contributed by atoms with Gasteiger partial charge in [-0.25, -0.2) is 9.47 Å². The molecule has 0 aliphatic carbocycles. The van der Waals surface area contributed by atoms with Crippen LogP contribution >= 0.6 is 0 Å². The number of benzene rings is 2. The highest BCUT2D eigenvalue weighted by atomic mass is 15.4. The molecule has 24 heavy (non-hydrogen) atoms. The fraction of sp³-hybridized carbons (Fsp3) is 0.190. The van der Waals surface area contributed by atoms with Crippen molar-refractivity contribution in [2.75, 3.05) is 9.80 Å². The summed E-state index contributed by atoms with van der Waals surface area (Å²) in [7, 11) is 2.09. The average Bonchev–Trinajstić information content (AvgIpc) is 2.96. The van der Waals surface area contributed by atoms with Gasteiger partial charge in [0.15, 0.2) is 6.17 Å². The minimum atomic E-state index is 0.225. The van der Waals surface area contributed by atoms with E-state index in [1.165, 1.54) is 27.8 Å². The van der Waals surface area contributed by atoms with Crippen molar-refractivity contribution in [1.29, 1.82) is 0 Å². The van der Waals surface area contributed by atoms with E-state index < -0.39 is 0 Å². The molecule has 3 nitrogen and oxygen atoms in total. The van der Waals surface area contributed by atoms with E-state index in [1.807, 2.05) is 0 Å². The number of hydrogen-bond acceptors (Lipinski definition) is 2. The number of pyridine rings is 1. The Labute approximate surface area is 143 Å². The molecule has 1 aliphatic rings. The van der Waals surface area contributed by atoms with Crippen molar-refractivity contribution < 1.29 is 4.57 Å². The van der Waals surface area contributed by atoms with Crippen LogP contribution in [0.1, 0.15) is 12.5 Å². The van der Waals surface area contributed by atoms with Crippen molar-refractivity contribution in [1.82, 2.24) is 0 Å². The van der Waals surface area contributed by atoms with Crippen molar-refractivity contribution >= 4 is 22.3 Å². The summed E-state index contributed by atoms with van der Waals surface area (Å²) >= 11 is 0. The molecule has 2 aromatic carbocycles. The maximum absolute atomic E-state index is 2.37. The second-order valence-electron chi connectivity index (χ2n) is 6.37. The van der Waals surface area contributed by atoms with Crippen LogP contribution in [0.3, 0.4) is 0 Å². The zero-order valence-corrected chi connectivity index (χ0v) is 14.3. The lowest BCUT2D eigenvalue weighted by atomic mass is 10.0. The normalized spacial score (nSPS) is 17.0. The Morgan fingerprint density at radius 1 is 0.875 bits per heavy atom. The van der Waals surface area contributed by atoms with Crippen molar-refractivity contribution in [3.05, 3.63) is 78.8 Å². The highest BCUT2D eigenvalue weighted by Gasteiger charge is 2.33. The monoisotopic (exact) mass is 316 g/mol. The molecular formula is C21H22N3+. The Morgan fingerprint density at radius 2 is 1.62 bits per heavy atom. The SMILES string of the molecule is Cc1ccc2ccccc2c1N1C=CN(c2cccc[n+]2C)[C@@H]1C. The maximum Gasteiger partial charge on any atom is 0.282 e. The van der Waals surface area contributed by atoms with E-state index in [2.05, 4.69) is 108 Å². The molecule has 4 rings (SSSR count). The van der Waals surface area contributed by atoms with Crippen molar-refractivity contribution in [2.45, 2.75) is 20.0 Å². The fourth-order valence-corrected chi connectivity index (χ4v) is 3.55. The van der Waals surface area contributed by atoms with Gasteiger partial charge in [-0.1, -0.05) is 42.5 Å². The van der Waals surface area contributed by atoms with Crippen LogP contribution in [0.15, 0.2) is 73.2 Å². The third kappa shape index (κ3) is 2.24. The number of rotatable bonds is 2. The Morgan fingerprint density at radius 3 is 2.46 bits per heavy atom. The zero-order chi connectivity index (χ0) is 16.7. The van der Waals surface area contributed by atoms with Gasteiger partial charge < -0.3 is 4.90 Å². The Hall–Kier alpha value is -2.81. The largest absolute Gasteiger partial charge is 0.304 e. The summed E-state index contributed by atoms with van der Waals surface area (Å²) in [5.74, 6) is 1.18. The van der Waals surface area contributed by atoms with Crippen LogP contribution < -0.4 is 14.4 Å². The minimum Gasteiger partial charge on any atom is -0.304 e. The van der Waals surface area contributed by atoms with Crippen LogP contribution in [0.4, 0.5) is 11.5 Å². The Kier molecular flexibility index (Phi) is 3.49. The topological polar surface area (TPSA) is 10.4 Å². The predicted molar refractivity (Wildman–Crippen MR) is 99.9 cm³/mol. The summed E-state index contributed by atoms with van der Waals surface area (Å²) in [5, 5.41) is 2.58. The van der Waals surface area contributed by atoms with Crippen LogP contribution in [0.5, 0.6) is 0 Å². The van der Waals surface area contributed by atoms with Gasteiger partial charge in [0.1, 0.15) is 6.20 Å². The van der Waals surface area contributed by atoms with Crippen LogP contribution in [0, 0.1) is 6.92 Å². The molecule has 0 unspecified atom stereocenters. The van der Waals surface area contributed by atoms with Gasteiger partial charge >= 0.3 is 0 Å². The maximum atomic E-state index is 2.37. The van der Waals surface area contributed by atoms with Crippen molar-refractivity contribution in [2.24, 2.45) is 7.05 Å². The van der Waals surface area contributed by atoms with E-state index in [9.17, 15) is 0 Å². The number of anilines is 2. The summed E-state index contributed by atoms with van der Waals surface area (Å²) < 4.78 is 2.15. The third-order valence-electron chi connectivity index (χ3n) is 4.85. The smallest absolute Gasteiger partial charge is 0.282 e. The van der Waals surface area contributed by atoms with E-state index in [0.717, 1.165) is 0 Å². The Balaban J connectivity index is 1.79. The van der Waals surface area contributed by atoms with Gasteiger partial charge in [0, 0.05) is 17.7 Å². The minimum absolute atomic E-state index is 0.225. The summed E-state index contributed by atoms with van der Waals surface area (Å²) in [6, 6.07) is 19.3. The van der Waals surface area contributed by atoms with Crippen molar-refractivity contribution in [3.8, 4) is 0 Å². The highest BCUT2D eigenvalue weighted by Crippen LogP contribution is 2.35. The number of aromatic nitrogens is 1. The number of aryl methyl sites for hydroxylation is 2. The van der Waals surface area contributed by atoms with Gasteiger partial charge in [-0.2, -0.15) is 0 Å². The second kappa shape index (κ2) is 5.68. The molecule has 1 atom stereocenters. The summed E-state index contributed by atoms with van der Waals surface area (Å²) in [4.78, 5) is 4.67.